The summed E-state index contributed by atoms with van der Waals surface area (Å²) in [7, 11) is -6.51. The molecule has 0 aromatic rings. The molecular formula is C15H38O5Si4. The fourth-order valence-electron chi connectivity index (χ4n) is 2.87. The zero-order valence-electron chi connectivity index (χ0n) is 17.4. The Balaban J connectivity index is 4.91. The maximum atomic E-state index is 11.3. The van der Waals surface area contributed by atoms with E-state index in [0.717, 1.165) is 18.9 Å². The van der Waals surface area contributed by atoms with Crippen LogP contribution in [0, 0.1) is 0 Å². The monoisotopic (exact) mass is 410 g/mol. The molecule has 0 rings (SSSR count). The molecule has 0 heterocycles. The molecule has 0 bridgehead atoms. The molecule has 0 saturated heterocycles. The van der Waals surface area contributed by atoms with Crippen molar-refractivity contribution < 1.29 is 21.9 Å². The summed E-state index contributed by atoms with van der Waals surface area (Å²) >= 11 is 0. The molecule has 0 saturated carbocycles. The number of carbonyl (C=O) groups excluding carboxylic acids is 1. The van der Waals surface area contributed by atoms with E-state index in [4.69, 9.17) is 17.1 Å². The van der Waals surface area contributed by atoms with Crippen LogP contribution in [0.4, 0.5) is 0 Å². The zero-order valence-corrected chi connectivity index (χ0v) is 21.4. The predicted molar refractivity (Wildman–Crippen MR) is 110 cm³/mol. The standard InChI is InChI=1S/C15H38O5Si4/c1-17-15(16)13-11-12-14-24(10,19-22(5,6)7)20-23(8,9)18-21(2,3)4/h11-14H2,1-10H3. The Kier molecular flexibility index (Phi) is 9.32. The van der Waals surface area contributed by atoms with Crippen LogP contribution in [-0.2, 0) is 21.9 Å². The van der Waals surface area contributed by atoms with Crippen molar-refractivity contribution in [3.05, 3.63) is 0 Å². The van der Waals surface area contributed by atoms with Crippen LogP contribution in [0.3, 0.4) is 0 Å². The normalized spacial score (nSPS) is 15.9. The molecular weight excluding hydrogens is 373 g/mol. The first-order valence-electron chi connectivity index (χ1n) is 8.75. The summed E-state index contributed by atoms with van der Waals surface area (Å²) in [4.78, 5) is 11.3. The SMILES string of the molecule is COC(=O)CCCC[Si](C)(O[Si](C)(C)C)O[Si](C)(C)O[Si](C)(C)C. The molecule has 0 N–H and O–H groups in total. The van der Waals surface area contributed by atoms with Crippen molar-refractivity contribution >= 4 is 39.7 Å². The number of hydrogen-bond donors (Lipinski definition) is 0. The third kappa shape index (κ3) is 12.6. The minimum atomic E-state index is -2.33. The van der Waals surface area contributed by atoms with Crippen LogP contribution in [0.25, 0.3) is 0 Å². The predicted octanol–water partition coefficient (Wildman–Crippen LogP) is 4.82. The number of carbonyl (C=O) groups is 1. The van der Waals surface area contributed by atoms with Gasteiger partial charge in [0.2, 0.25) is 0 Å². The number of rotatable bonds is 11. The molecule has 9 heteroatoms. The third-order valence-corrected chi connectivity index (χ3v) is 16.6. The number of ether oxygens (including phenoxy) is 1. The van der Waals surface area contributed by atoms with Crippen molar-refractivity contribution in [3.8, 4) is 0 Å². The molecule has 1 unspecified atom stereocenters. The molecule has 1 atom stereocenters. The first-order chi connectivity index (χ1) is 10.6. The lowest BCUT2D eigenvalue weighted by Gasteiger charge is -2.41. The Hall–Kier alpha value is 0.218. The summed E-state index contributed by atoms with van der Waals surface area (Å²) in [6.07, 6.45) is 2.18. The van der Waals surface area contributed by atoms with E-state index in [1.807, 2.05) is 0 Å². The van der Waals surface area contributed by atoms with E-state index in [1.54, 1.807) is 0 Å². The summed E-state index contributed by atoms with van der Waals surface area (Å²) in [5.41, 5.74) is 0. The third-order valence-electron chi connectivity index (χ3n) is 3.03. The van der Waals surface area contributed by atoms with Crippen molar-refractivity contribution in [1.29, 1.82) is 0 Å². The van der Waals surface area contributed by atoms with E-state index in [2.05, 4.69) is 58.9 Å². The lowest BCUT2D eigenvalue weighted by Crippen LogP contribution is -2.56. The van der Waals surface area contributed by atoms with Gasteiger partial charge in [0.1, 0.15) is 0 Å². The van der Waals surface area contributed by atoms with E-state index < -0.39 is 33.8 Å². The summed E-state index contributed by atoms with van der Waals surface area (Å²) in [5, 5.41) is 0. The number of esters is 1. The van der Waals surface area contributed by atoms with Gasteiger partial charge in [0.15, 0.2) is 16.6 Å². The largest absolute Gasteiger partial charge is 0.469 e. The van der Waals surface area contributed by atoms with E-state index in [9.17, 15) is 4.79 Å². The Bertz CT molecular complexity index is 404. The molecule has 0 aromatic carbocycles. The molecule has 5 nitrogen and oxygen atoms in total. The summed E-state index contributed by atoms with van der Waals surface area (Å²) in [6, 6.07) is 0.889. The average molecular weight is 411 g/mol. The van der Waals surface area contributed by atoms with Gasteiger partial charge in [-0.2, -0.15) is 0 Å². The highest BCUT2D eigenvalue weighted by molar-refractivity contribution is 6.89. The van der Waals surface area contributed by atoms with Crippen LogP contribution < -0.4 is 0 Å². The minimum Gasteiger partial charge on any atom is -0.469 e. The molecule has 0 aromatic heterocycles. The van der Waals surface area contributed by atoms with Gasteiger partial charge in [-0.15, -0.1) is 0 Å². The topological polar surface area (TPSA) is 54.0 Å². The molecule has 0 aliphatic rings. The van der Waals surface area contributed by atoms with Gasteiger partial charge in [-0.3, -0.25) is 4.79 Å². The fourth-order valence-corrected chi connectivity index (χ4v) is 20.9. The van der Waals surface area contributed by atoms with Crippen LogP contribution in [-0.4, -0.2) is 46.8 Å². The summed E-state index contributed by atoms with van der Waals surface area (Å²) < 4.78 is 24.2. The lowest BCUT2D eigenvalue weighted by molar-refractivity contribution is -0.140. The van der Waals surface area contributed by atoms with Gasteiger partial charge in [-0.1, -0.05) is 6.42 Å². The van der Waals surface area contributed by atoms with Gasteiger partial charge in [0.05, 0.1) is 7.11 Å². The van der Waals surface area contributed by atoms with Crippen molar-refractivity contribution in [2.24, 2.45) is 0 Å². The van der Waals surface area contributed by atoms with Crippen LogP contribution in [0.2, 0.25) is 65.0 Å². The van der Waals surface area contributed by atoms with Gasteiger partial charge in [-0.25, -0.2) is 0 Å². The second-order valence-corrected chi connectivity index (χ2v) is 25.3. The second-order valence-electron chi connectivity index (χ2n) is 8.85. The fraction of sp³-hybridized carbons (Fsp3) is 0.933. The van der Waals surface area contributed by atoms with E-state index in [0.29, 0.717) is 6.42 Å². The number of unbranched alkanes of at least 4 members (excludes halogenated alkanes) is 1. The highest BCUT2D eigenvalue weighted by Gasteiger charge is 2.44. The molecule has 0 aliphatic carbocycles. The van der Waals surface area contributed by atoms with Gasteiger partial charge < -0.3 is 17.1 Å². The van der Waals surface area contributed by atoms with E-state index in [1.165, 1.54) is 7.11 Å². The van der Waals surface area contributed by atoms with Crippen LogP contribution in [0.1, 0.15) is 19.3 Å². The van der Waals surface area contributed by atoms with E-state index >= 15 is 0 Å². The first-order valence-corrected chi connectivity index (χ1v) is 20.9. The van der Waals surface area contributed by atoms with Gasteiger partial charge >= 0.3 is 23.1 Å². The van der Waals surface area contributed by atoms with Gasteiger partial charge in [0.25, 0.3) is 0 Å². The number of hydrogen-bond acceptors (Lipinski definition) is 5. The minimum absolute atomic E-state index is 0.151. The lowest BCUT2D eigenvalue weighted by atomic mass is 10.2. The smallest absolute Gasteiger partial charge is 0.315 e. The highest BCUT2D eigenvalue weighted by atomic mass is 28.5. The molecule has 144 valence electrons. The average Bonchev–Trinajstić information content (AvgIpc) is 2.27. The van der Waals surface area contributed by atoms with Crippen molar-refractivity contribution in [3.63, 3.8) is 0 Å². The van der Waals surface area contributed by atoms with Crippen LogP contribution >= 0.6 is 0 Å². The Morgan fingerprint density at radius 2 is 1.25 bits per heavy atom. The van der Waals surface area contributed by atoms with Gasteiger partial charge in [-0.05, 0) is 71.4 Å². The van der Waals surface area contributed by atoms with E-state index in [-0.39, 0.29) is 5.97 Å². The molecule has 0 spiro atoms. The summed E-state index contributed by atoms with van der Waals surface area (Å²) in [5.74, 6) is -0.151. The maximum absolute atomic E-state index is 11.3. The first kappa shape index (κ1) is 24.2. The van der Waals surface area contributed by atoms with Crippen LogP contribution in [0.5, 0.6) is 0 Å². The molecule has 24 heavy (non-hydrogen) atoms. The van der Waals surface area contributed by atoms with Crippen LogP contribution in [0.15, 0.2) is 0 Å². The quantitative estimate of drug-likeness (QED) is 0.277. The number of methoxy groups -OCH3 is 1. The molecule has 0 fully saturated rings. The van der Waals surface area contributed by atoms with Crippen molar-refractivity contribution in [2.75, 3.05) is 7.11 Å². The maximum Gasteiger partial charge on any atom is 0.315 e. The van der Waals surface area contributed by atoms with Crippen molar-refractivity contribution in [1.82, 2.24) is 0 Å². The highest BCUT2D eigenvalue weighted by Crippen LogP contribution is 2.28. The molecule has 0 amide bonds. The summed E-state index contributed by atoms with van der Waals surface area (Å²) in [6.45, 7) is 19.6. The Morgan fingerprint density at radius 3 is 1.67 bits per heavy atom. The molecule has 0 aliphatic heterocycles. The zero-order chi connectivity index (χ0) is 19.2. The second kappa shape index (κ2) is 9.24. The Labute approximate surface area is 153 Å². The Morgan fingerprint density at radius 1 is 0.750 bits per heavy atom. The van der Waals surface area contributed by atoms with Gasteiger partial charge in [0, 0.05) is 6.42 Å². The molecule has 0 radical (unpaired) electrons. The van der Waals surface area contributed by atoms with Crippen molar-refractivity contribution in [2.45, 2.75) is 84.2 Å².